The second kappa shape index (κ2) is 4.56. The van der Waals surface area contributed by atoms with Crippen LogP contribution in [0.25, 0.3) is 33.1 Å². The van der Waals surface area contributed by atoms with Gasteiger partial charge >= 0.3 is 5.63 Å². The Morgan fingerprint density at radius 3 is 2.43 bits per heavy atom. The maximum absolute atomic E-state index is 12.2. The molecule has 0 bridgehead atoms. The summed E-state index contributed by atoms with van der Waals surface area (Å²) in [4.78, 5) is 16.6. The molecule has 4 rings (SSSR count). The third kappa shape index (κ3) is 1.99. The maximum Gasteiger partial charge on any atom is 0.345 e. The highest BCUT2D eigenvalue weighted by Crippen LogP contribution is 2.23. The molecular formula is C18H11NO2. The molecule has 0 amide bonds. The molecule has 0 fully saturated rings. The molecule has 0 aliphatic carbocycles. The minimum absolute atomic E-state index is 0.364. The molecule has 21 heavy (non-hydrogen) atoms. The van der Waals surface area contributed by atoms with Crippen molar-refractivity contribution in [2.75, 3.05) is 0 Å². The highest BCUT2D eigenvalue weighted by molar-refractivity contribution is 5.91. The number of fused-ring (bicyclic) bond motifs is 2. The molecule has 0 saturated heterocycles. The summed E-state index contributed by atoms with van der Waals surface area (Å²) >= 11 is 0. The molecule has 0 unspecified atom stereocenters. The van der Waals surface area contributed by atoms with Crippen molar-refractivity contribution in [1.82, 2.24) is 4.98 Å². The minimum Gasteiger partial charge on any atom is -0.403 e. The van der Waals surface area contributed by atoms with E-state index in [4.69, 9.17) is 4.42 Å². The molecule has 3 nitrogen and oxygen atoms in total. The first-order valence-corrected chi connectivity index (χ1v) is 6.70. The van der Waals surface area contributed by atoms with Crippen molar-refractivity contribution < 1.29 is 4.42 Å². The average Bonchev–Trinajstić information content (AvgIpc) is 2.53. The summed E-state index contributed by atoms with van der Waals surface area (Å²) in [6, 6.07) is 21.1. The number of benzene rings is 2. The molecule has 0 aliphatic heterocycles. The third-order valence-corrected chi connectivity index (χ3v) is 3.51. The van der Waals surface area contributed by atoms with E-state index >= 15 is 0 Å². The Morgan fingerprint density at radius 2 is 1.57 bits per heavy atom. The molecular weight excluding hydrogens is 262 g/mol. The van der Waals surface area contributed by atoms with Crippen molar-refractivity contribution in [2.24, 2.45) is 0 Å². The molecule has 0 saturated carbocycles. The zero-order valence-electron chi connectivity index (χ0n) is 11.1. The SMILES string of the molecule is O=c1oc2nc3ccccc3cc2cc1-c1ccccc1. The molecule has 0 atom stereocenters. The van der Waals surface area contributed by atoms with Gasteiger partial charge in [-0.1, -0.05) is 48.5 Å². The second-order valence-corrected chi connectivity index (χ2v) is 4.89. The van der Waals surface area contributed by atoms with E-state index < -0.39 is 0 Å². The van der Waals surface area contributed by atoms with Crippen LogP contribution in [-0.2, 0) is 0 Å². The first kappa shape index (κ1) is 11.9. The largest absolute Gasteiger partial charge is 0.403 e. The van der Waals surface area contributed by atoms with Gasteiger partial charge in [-0.2, -0.15) is 0 Å². The van der Waals surface area contributed by atoms with Gasteiger partial charge in [0.25, 0.3) is 0 Å². The normalized spacial score (nSPS) is 11.0. The number of hydrogen-bond donors (Lipinski definition) is 0. The highest BCUT2D eigenvalue weighted by atomic mass is 16.4. The van der Waals surface area contributed by atoms with Crippen molar-refractivity contribution >= 4 is 22.0 Å². The fourth-order valence-corrected chi connectivity index (χ4v) is 2.48. The summed E-state index contributed by atoms with van der Waals surface area (Å²) in [5.74, 6) is 0. The second-order valence-electron chi connectivity index (χ2n) is 4.89. The van der Waals surface area contributed by atoms with Crippen molar-refractivity contribution in [3.63, 3.8) is 0 Å². The first-order chi connectivity index (χ1) is 10.3. The van der Waals surface area contributed by atoms with E-state index in [0.717, 1.165) is 21.9 Å². The Kier molecular flexibility index (Phi) is 2.57. The van der Waals surface area contributed by atoms with Crippen molar-refractivity contribution in [2.45, 2.75) is 0 Å². The molecule has 3 heteroatoms. The molecule has 0 spiro atoms. The topological polar surface area (TPSA) is 43.1 Å². The number of hydrogen-bond acceptors (Lipinski definition) is 3. The predicted octanol–water partition coefficient (Wildman–Crippen LogP) is 4.01. The highest BCUT2D eigenvalue weighted by Gasteiger charge is 2.09. The van der Waals surface area contributed by atoms with Crippen LogP contribution in [0.5, 0.6) is 0 Å². The molecule has 0 aliphatic rings. The van der Waals surface area contributed by atoms with Crippen molar-refractivity contribution in [3.05, 3.63) is 77.2 Å². The van der Waals surface area contributed by atoms with Crippen LogP contribution in [-0.4, -0.2) is 4.98 Å². The standard InChI is InChI=1S/C18H11NO2/c20-18-15(12-6-2-1-3-7-12)11-14-10-13-8-4-5-9-16(13)19-17(14)21-18/h1-11H. The Labute approximate surface area is 120 Å². The zero-order valence-corrected chi connectivity index (χ0v) is 11.1. The smallest absolute Gasteiger partial charge is 0.345 e. The monoisotopic (exact) mass is 273 g/mol. The van der Waals surface area contributed by atoms with E-state index in [9.17, 15) is 4.79 Å². The van der Waals surface area contributed by atoms with Gasteiger partial charge < -0.3 is 4.42 Å². The number of aromatic nitrogens is 1. The van der Waals surface area contributed by atoms with Gasteiger partial charge in [-0.25, -0.2) is 9.78 Å². The minimum atomic E-state index is -0.364. The fraction of sp³-hybridized carbons (Fsp3) is 0. The molecule has 100 valence electrons. The van der Waals surface area contributed by atoms with Crippen LogP contribution in [0.4, 0.5) is 0 Å². The predicted molar refractivity (Wildman–Crippen MR) is 83.2 cm³/mol. The van der Waals surface area contributed by atoms with E-state index in [-0.39, 0.29) is 5.63 Å². The quantitative estimate of drug-likeness (QED) is 0.492. The molecule has 0 radical (unpaired) electrons. The summed E-state index contributed by atoms with van der Waals surface area (Å²) in [7, 11) is 0. The lowest BCUT2D eigenvalue weighted by atomic mass is 10.1. The zero-order chi connectivity index (χ0) is 14.2. The van der Waals surface area contributed by atoms with Gasteiger partial charge in [-0.15, -0.1) is 0 Å². The van der Waals surface area contributed by atoms with Gasteiger partial charge in [-0.3, -0.25) is 0 Å². The van der Waals surface area contributed by atoms with Gasteiger partial charge in [0.1, 0.15) is 0 Å². The van der Waals surface area contributed by atoms with Crippen LogP contribution < -0.4 is 5.63 Å². The lowest BCUT2D eigenvalue weighted by Gasteiger charge is -2.03. The van der Waals surface area contributed by atoms with Gasteiger partial charge in [-0.05, 0) is 23.8 Å². The van der Waals surface area contributed by atoms with Crippen LogP contribution in [0.3, 0.4) is 0 Å². The lowest BCUT2D eigenvalue weighted by molar-refractivity contribution is 0.553. The molecule has 2 aromatic heterocycles. The summed E-state index contributed by atoms with van der Waals surface area (Å²) in [6.07, 6.45) is 0. The summed E-state index contributed by atoms with van der Waals surface area (Å²) in [5.41, 5.74) is 2.23. The number of rotatable bonds is 1. The van der Waals surface area contributed by atoms with Crippen LogP contribution in [0.1, 0.15) is 0 Å². The fourth-order valence-electron chi connectivity index (χ4n) is 2.48. The van der Waals surface area contributed by atoms with E-state index in [1.54, 1.807) is 0 Å². The Balaban J connectivity index is 2.05. The maximum atomic E-state index is 12.2. The molecule has 2 heterocycles. The summed E-state index contributed by atoms with van der Waals surface area (Å²) in [5, 5.41) is 1.85. The van der Waals surface area contributed by atoms with Crippen LogP contribution in [0.2, 0.25) is 0 Å². The number of para-hydroxylation sites is 1. The average molecular weight is 273 g/mol. The summed E-state index contributed by atoms with van der Waals surface area (Å²) < 4.78 is 5.39. The third-order valence-electron chi connectivity index (χ3n) is 3.51. The molecule has 0 N–H and O–H groups in total. The van der Waals surface area contributed by atoms with Crippen molar-refractivity contribution in [3.8, 4) is 11.1 Å². The van der Waals surface area contributed by atoms with Crippen molar-refractivity contribution in [1.29, 1.82) is 0 Å². The summed E-state index contributed by atoms with van der Waals surface area (Å²) in [6.45, 7) is 0. The van der Waals surface area contributed by atoms with Gasteiger partial charge in [0.05, 0.1) is 11.1 Å². The van der Waals surface area contributed by atoms with Gasteiger partial charge in [0.2, 0.25) is 5.71 Å². The van der Waals surface area contributed by atoms with Crippen LogP contribution >= 0.6 is 0 Å². The number of pyridine rings is 1. The Morgan fingerprint density at radius 1 is 0.810 bits per heavy atom. The lowest BCUT2D eigenvalue weighted by Crippen LogP contribution is -2.03. The van der Waals surface area contributed by atoms with E-state index in [0.29, 0.717) is 11.3 Å². The number of nitrogens with zero attached hydrogens (tertiary/aromatic N) is 1. The van der Waals surface area contributed by atoms with Crippen LogP contribution in [0.15, 0.2) is 75.9 Å². The molecule has 4 aromatic rings. The van der Waals surface area contributed by atoms with Gasteiger partial charge in [0, 0.05) is 10.8 Å². The van der Waals surface area contributed by atoms with E-state index in [2.05, 4.69) is 4.98 Å². The first-order valence-electron chi connectivity index (χ1n) is 6.70. The molecule has 2 aromatic carbocycles. The Bertz CT molecular complexity index is 1000. The Hall–Kier alpha value is -2.94. The van der Waals surface area contributed by atoms with E-state index in [1.165, 1.54) is 0 Å². The van der Waals surface area contributed by atoms with Gasteiger partial charge in [0.15, 0.2) is 0 Å². The van der Waals surface area contributed by atoms with Crippen LogP contribution in [0, 0.1) is 0 Å². The van der Waals surface area contributed by atoms with E-state index in [1.807, 2.05) is 66.7 Å².